The fourth-order valence-corrected chi connectivity index (χ4v) is 1.85. The summed E-state index contributed by atoms with van der Waals surface area (Å²) < 4.78 is 5.10. The lowest BCUT2D eigenvalue weighted by Crippen LogP contribution is -2.28. The Bertz CT molecular complexity index is 461. The highest BCUT2D eigenvalue weighted by Gasteiger charge is 2.18. The third kappa shape index (κ3) is 3.82. The molecular weight excluding hydrogens is 246 g/mol. The third-order valence-corrected chi connectivity index (χ3v) is 2.99. The van der Waals surface area contributed by atoms with E-state index in [-0.39, 0.29) is 5.69 Å². The lowest BCUT2D eigenvalue weighted by Gasteiger charge is -2.23. The number of ether oxygens (including phenoxy) is 1. The molecule has 6 nitrogen and oxygen atoms in total. The molecule has 1 aromatic carbocycles. The van der Waals surface area contributed by atoms with Gasteiger partial charge in [0.25, 0.3) is 0 Å². The number of methoxy groups -OCH3 is 1. The standard InChI is InChI=1S/C13H21N3O3/c1-10-8-12(16(17)18)13(19-5)9-11(10)15(4)7-6-14(2)3/h8-9H,6-7H2,1-5H3. The van der Waals surface area contributed by atoms with Gasteiger partial charge in [-0.1, -0.05) is 0 Å². The minimum atomic E-state index is -0.421. The zero-order valence-electron chi connectivity index (χ0n) is 12.1. The first kappa shape index (κ1) is 15.2. The first-order valence-corrected chi connectivity index (χ1v) is 6.05. The maximum Gasteiger partial charge on any atom is 0.311 e. The van der Waals surface area contributed by atoms with Gasteiger partial charge in [-0.25, -0.2) is 0 Å². The summed E-state index contributed by atoms with van der Waals surface area (Å²) in [6.07, 6.45) is 0. The number of nitro benzene ring substituents is 1. The van der Waals surface area contributed by atoms with Crippen molar-refractivity contribution < 1.29 is 9.66 Å². The van der Waals surface area contributed by atoms with Gasteiger partial charge in [-0.2, -0.15) is 0 Å². The van der Waals surface area contributed by atoms with Crippen molar-refractivity contribution in [1.82, 2.24) is 4.90 Å². The smallest absolute Gasteiger partial charge is 0.311 e. The van der Waals surface area contributed by atoms with E-state index in [1.807, 2.05) is 28.1 Å². The fraction of sp³-hybridized carbons (Fsp3) is 0.538. The zero-order chi connectivity index (χ0) is 14.6. The Kier molecular flexibility index (Phi) is 5.11. The SMILES string of the molecule is COc1cc(N(C)CCN(C)C)c(C)cc1[N+](=O)[O-]. The maximum atomic E-state index is 10.9. The van der Waals surface area contributed by atoms with Crippen LogP contribution in [0.2, 0.25) is 0 Å². The first-order chi connectivity index (χ1) is 8.86. The topological polar surface area (TPSA) is 58.8 Å². The minimum absolute atomic E-state index is 0.00441. The second-order valence-electron chi connectivity index (χ2n) is 4.79. The van der Waals surface area contributed by atoms with Crippen molar-refractivity contribution in [3.63, 3.8) is 0 Å². The van der Waals surface area contributed by atoms with Crippen molar-refractivity contribution in [3.8, 4) is 5.75 Å². The average Bonchev–Trinajstić information content (AvgIpc) is 2.35. The largest absolute Gasteiger partial charge is 0.490 e. The van der Waals surface area contributed by atoms with E-state index in [4.69, 9.17) is 4.74 Å². The second kappa shape index (κ2) is 6.38. The predicted molar refractivity (Wildman–Crippen MR) is 76.2 cm³/mol. The molecule has 0 atom stereocenters. The van der Waals surface area contributed by atoms with E-state index in [0.29, 0.717) is 5.75 Å². The quantitative estimate of drug-likeness (QED) is 0.582. The van der Waals surface area contributed by atoms with Crippen LogP contribution in [-0.4, -0.2) is 51.2 Å². The molecule has 0 amide bonds. The molecular formula is C13H21N3O3. The van der Waals surface area contributed by atoms with Crippen molar-refractivity contribution in [3.05, 3.63) is 27.8 Å². The van der Waals surface area contributed by atoms with Crippen molar-refractivity contribution in [2.45, 2.75) is 6.92 Å². The van der Waals surface area contributed by atoms with E-state index >= 15 is 0 Å². The summed E-state index contributed by atoms with van der Waals surface area (Å²) in [5, 5.41) is 10.9. The lowest BCUT2D eigenvalue weighted by atomic mass is 10.1. The highest BCUT2D eigenvalue weighted by atomic mass is 16.6. The van der Waals surface area contributed by atoms with Crippen LogP contribution >= 0.6 is 0 Å². The highest BCUT2D eigenvalue weighted by molar-refractivity contribution is 5.63. The number of anilines is 1. The molecule has 1 rings (SSSR count). The summed E-state index contributed by atoms with van der Waals surface area (Å²) in [5.41, 5.74) is 1.82. The number of nitrogens with zero attached hydrogens (tertiary/aromatic N) is 3. The van der Waals surface area contributed by atoms with Crippen LogP contribution in [0.4, 0.5) is 11.4 Å². The molecule has 0 saturated carbocycles. The summed E-state index contributed by atoms with van der Waals surface area (Å²) in [6, 6.07) is 3.28. The number of hydrogen-bond donors (Lipinski definition) is 0. The Morgan fingerprint density at radius 3 is 2.37 bits per heavy atom. The molecule has 0 saturated heterocycles. The number of aryl methyl sites for hydroxylation is 1. The molecule has 0 aliphatic carbocycles. The van der Waals surface area contributed by atoms with Gasteiger partial charge in [0, 0.05) is 38.0 Å². The van der Waals surface area contributed by atoms with Gasteiger partial charge < -0.3 is 14.5 Å². The lowest BCUT2D eigenvalue weighted by molar-refractivity contribution is -0.385. The van der Waals surface area contributed by atoms with E-state index < -0.39 is 4.92 Å². The highest BCUT2D eigenvalue weighted by Crippen LogP contribution is 2.34. The summed E-state index contributed by atoms with van der Waals surface area (Å²) in [5.74, 6) is 0.294. The van der Waals surface area contributed by atoms with Crippen LogP contribution in [0, 0.1) is 17.0 Å². The van der Waals surface area contributed by atoms with Crippen molar-refractivity contribution in [2.75, 3.05) is 46.2 Å². The Balaban J connectivity index is 3.05. The molecule has 6 heteroatoms. The molecule has 0 aromatic heterocycles. The van der Waals surface area contributed by atoms with Gasteiger partial charge in [0.15, 0.2) is 5.75 Å². The molecule has 0 radical (unpaired) electrons. The van der Waals surface area contributed by atoms with Crippen LogP contribution in [0.15, 0.2) is 12.1 Å². The number of likely N-dealkylation sites (N-methyl/N-ethyl adjacent to an activating group) is 2. The number of rotatable bonds is 6. The van der Waals surface area contributed by atoms with E-state index in [2.05, 4.69) is 9.80 Å². The average molecular weight is 267 g/mol. The summed E-state index contributed by atoms with van der Waals surface area (Å²) in [7, 11) is 7.44. The third-order valence-electron chi connectivity index (χ3n) is 2.99. The van der Waals surface area contributed by atoms with E-state index in [1.165, 1.54) is 7.11 Å². The predicted octanol–water partition coefficient (Wildman–Crippen LogP) is 1.91. The van der Waals surface area contributed by atoms with Crippen LogP contribution < -0.4 is 9.64 Å². The van der Waals surface area contributed by atoms with Gasteiger partial charge in [-0.15, -0.1) is 0 Å². The molecule has 0 unspecified atom stereocenters. The fourth-order valence-electron chi connectivity index (χ4n) is 1.85. The van der Waals surface area contributed by atoms with Crippen molar-refractivity contribution in [1.29, 1.82) is 0 Å². The number of nitro groups is 1. The molecule has 0 N–H and O–H groups in total. The van der Waals surface area contributed by atoms with Crippen LogP contribution in [-0.2, 0) is 0 Å². The van der Waals surface area contributed by atoms with E-state index in [9.17, 15) is 10.1 Å². The minimum Gasteiger partial charge on any atom is -0.490 e. The van der Waals surface area contributed by atoms with Crippen LogP contribution in [0.25, 0.3) is 0 Å². The summed E-state index contributed by atoms with van der Waals surface area (Å²) >= 11 is 0. The molecule has 0 aliphatic heterocycles. The summed E-state index contributed by atoms with van der Waals surface area (Å²) in [4.78, 5) is 14.7. The molecule has 1 aromatic rings. The summed E-state index contributed by atoms with van der Waals surface area (Å²) in [6.45, 7) is 3.62. The monoisotopic (exact) mass is 267 g/mol. The molecule has 0 spiro atoms. The zero-order valence-corrected chi connectivity index (χ0v) is 12.1. The number of benzene rings is 1. The van der Waals surface area contributed by atoms with E-state index in [0.717, 1.165) is 24.3 Å². The Labute approximate surface area is 113 Å². The number of hydrogen-bond acceptors (Lipinski definition) is 5. The molecule has 0 bridgehead atoms. The first-order valence-electron chi connectivity index (χ1n) is 6.05. The van der Waals surface area contributed by atoms with Gasteiger partial charge in [0.05, 0.1) is 12.0 Å². The van der Waals surface area contributed by atoms with E-state index in [1.54, 1.807) is 12.1 Å². The van der Waals surface area contributed by atoms with Crippen LogP contribution in [0.1, 0.15) is 5.56 Å². The van der Waals surface area contributed by atoms with Gasteiger partial charge in [-0.3, -0.25) is 10.1 Å². The molecule has 0 heterocycles. The molecule has 19 heavy (non-hydrogen) atoms. The van der Waals surface area contributed by atoms with Gasteiger partial charge in [0.1, 0.15) is 0 Å². The van der Waals surface area contributed by atoms with Crippen LogP contribution in [0.3, 0.4) is 0 Å². The Morgan fingerprint density at radius 1 is 1.26 bits per heavy atom. The Hall–Kier alpha value is -1.82. The van der Waals surface area contributed by atoms with Crippen LogP contribution in [0.5, 0.6) is 5.75 Å². The Morgan fingerprint density at radius 2 is 1.89 bits per heavy atom. The van der Waals surface area contributed by atoms with Gasteiger partial charge in [-0.05, 0) is 26.6 Å². The van der Waals surface area contributed by atoms with Crippen molar-refractivity contribution >= 4 is 11.4 Å². The van der Waals surface area contributed by atoms with Crippen molar-refractivity contribution in [2.24, 2.45) is 0 Å². The molecule has 0 aliphatic rings. The van der Waals surface area contributed by atoms with Gasteiger partial charge >= 0.3 is 5.69 Å². The maximum absolute atomic E-state index is 10.9. The second-order valence-corrected chi connectivity index (χ2v) is 4.79. The van der Waals surface area contributed by atoms with Gasteiger partial charge in [0.2, 0.25) is 0 Å². The normalized spacial score (nSPS) is 10.6. The molecule has 106 valence electrons. The molecule has 0 fully saturated rings.